The second-order valence-electron chi connectivity index (χ2n) is 7.15. The third-order valence-electron chi connectivity index (χ3n) is 4.51. The van der Waals surface area contributed by atoms with Crippen molar-refractivity contribution in [3.05, 3.63) is 102 Å². The van der Waals surface area contributed by atoms with Crippen molar-refractivity contribution in [2.75, 3.05) is 6.61 Å². The minimum atomic E-state index is -0.878. The van der Waals surface area contributed by atoms with Gasteiger partial charge in [-0.05, 0) is 35.8 Å². The molecule has 1 unspecified atom stereocenters. The molecule has 1 heterocycles. The standard InChI is InChI=1S/C25H25N3O6/c29-23(14-13-22-12-7-15-32-22)27-28-25(31)34-18-21(16-19-8-3-1-4-9-19)26-24(30)33-17-20-10-5-2-6-11-20/h1-15,21H,16-18H2,(H,26,30)(H,27,29)(H,28,31)/b14-13+. The van der Waals surface area contributed by atoms with Gasteiger partial charge in [0.05, 0.1) is 12.3 Å². The van der Waals surface area contributed by atoms with E-state index in [0.717, 1.165) is 11.1 Å². The Hall–Kier alpha value is -4.53. The molecule has 1 aromatic heterocycles. The summed E-state index contributed by atoms with van der Waals surface area (Å²) in [5, 5.41) is 2.72. The molecular formula is C25H25N3O6. The van der Waals surface area contributed by atoms with Crippen LogP contribution in [0, 0.1) is 0 Å². The highest BCUT2D eigenvalue weighted by Crippen LogP contribution is 2.06. The number of carbonyl (C=O) groups is 3. The van der Waals surface area contributed by atoms with Crippen LogP contribution in [0.2, 0.25) is 0 Å². The average Bonchev–Trinajstić information content (AvgIpc) is 3.38. The lowest BCUT2D eigenvalue weighted by Gasteiger charge is -2.19. The van der Waals surface area contributed by atoms with Crippen molar-refractivity contribution in [3.8, 4) is 0 Å². The van der Waals surface area contributed by atoms with Gasteiger partial charge in [-0.3, -0.25) is 10.2 Å². The van der Waals surface area contributed by atoms with Gasteiger partial charge in [0, 0.05) is 6.08 Å². The van der Waals surface area contributed by atoms with Gasteiger partial charge in [0.25, 0.3) is 5.91 Å². The van der Waals surface area contributed by atoms with Gasteiger partial charge in [-0.15, -0.1) is 0 Å². The first-order valence-electron chi connectivity index (χ1n) is 10.5. The highest BCUT2D eigenvalue weighted by atomic mass is 16.6. The van der Waals surface area contributed by atoms with Crippen molar-refractivity contribution in [3.63, 3.8) is 0 Å². The maximum Gasteiger partial charge on any atom is 0.426 e. The van der Waals surface area contributed by atoms with Crippen molar-refractivity contribution in [2.24, 2.45) is 0 Å². The first-order valence-corrected chi connectivity index (χ1v) is 10.5. The molecule has 0 bridgehead atoms. The molecule has 0 aliphatic heterocycles. The molecule has 0 saturated carbocycles. The van der Waals surface area contributed by atoms with Crippen molar-refractivity contribution in [1.29, 1.82) is 0 Å². The fraction of sp³-hybridized carbons (Fsp3) is 0.160. The van der Waals surface area contributed by atoms with Gasteiger partial charge in [-0.1, -0.05) is 60.7 Å². The van der Waals surface area contributed by atoms with E-state index in [4.69, 9.17) is 13.9 Å². The predicted octanol–water partition coefficient (Wildman–Crippen LogP) is 3.59. The summed E-state index contributed by atoms with van der Waals surface area (Å²) in [6, 6.07) is 21.5. The number of hydrogen-bond acceptors (Lipinski definition) is 6. The number of amides is 3. The van der Waals surface area contributed by atoms with E-state index in [0.29, 0.717) is 12.2 Å². The molecular weight excluding hydrogens is 438 g/mol. The Balaban J connectivity index is 1.46. The monoisotopic (exact) mass is 463 g/mol. The number of ether oxygens (including phenoxy) is 2. The van der Waals surface area contributed by atoms with Crippen LogP contribution in [-0.4, -0.2) is 30.7 Å². The number of hydrazine groups is 1. The molecule has 3 N–H and O–H groups in total. The molecule has 3 amide bonds. The molecule has 176 valence electrons. The molecule has 9 heteroatoms. The van der Waals surface area contributed by atoms with E-state index in [1.54, 1.807) is 12.1 Å². The molecule has 9 nitrogen and oxygen atoms in total. The molecule has 34 heavy (non-hydrogen) atoms. The van der Waals surface area contributed by atoms with Crippen LogP contribution in [0.25, 0.3) is 6.08 Å². The smallest absolute Gasteiger partial charge is 0.426 e. The summed E-state index contributed by atoms with van der Waals surface area (Å²) in [5.41, 5.74) is 6.13. The van der Waals surface area contributed by atoms with Crippen LogP contribution < -0.4 is 16.2 Å². The number of furan rings is 1. The molecule has 1 atom stereocenters. The second kappa shape index (κ2) is 13.1. The first kappa shape index (κ1) is 24.1. The summed E-state index contributed by atoms with van der Waals surface area (Å²) in [5.74, 6) is -0.0801. The summed E-state index contributed by atoms with van der Waals surface area (Å²) < 4.78 is 15.5. The van der Waals surface area contributed by atoms with E-state index >= 15 is 0 Å². The Labute approximate surface area is 196 Å². The van der Waals surface area contributed by atoms with Gasteiger partial charge in [0.15, 0.2) is 0 Å². The number of nitrogens with one attached hydrogen (secondary N) is 3. The van der Waals surface area contributed by atoms with Crippen LogP contribution >= 0.6 is 0 Å². The lowest BCUT2D eigenvalue weighted by molar-refractivity contribution is -0.117. The molecule has 3 rings (SSSR count). The normalized spacial score (nSPS) is 11.4. The quantitative estimate of drug-likeness (QED) is 0.330. The summed E-state index contributed by atoms with van der Waals surface area (Å²) in [7, 11) is 0. The Morgan fingerprint density at radius 3 is 2.21 bits per heavy atom. The van der Waals surface area contributed by atoms with E-state index in [1.165, 1.54) is 18.4 Å². The molecule has 2 aromatic carbocycles. The summed E-state index contributed by atoms with van der Waals surface area (Å²) in [6.07, 6.45) is 3.02. The molecule has 3 aromatic rings. The highest BCUT2D eigenvalue weighted by Gasteiger charge is 2.17. The fourth-order valence-corrected chi connectivity index (χ4v) is 2.89. The molecule has 0 spiro atoms. The minimum absolute atomic E-state index is 0.115. The second-order valence-corrected chi connectivity index (χ2v) is 7.15. The third-order valence-corrected chi connectivity index (χ3v) is 4.51. The first-order chi connectivity index (χ1) is 16.6. The lowest BCUT2D eigenvalue weighted by atomic mass is 10.1. The maximum atomic E-state index is 12.3. The summed E-state index contributed by atoms with van der Waals surface area (Å²) in [6.45, 7) is -0.0249. The molecule has 0 radical (unpaired) electrons. The Morgan fingerprint density at radius 2 is 1.53 bits per heavy atom. The van der Waals surface area contributed by atoms with E-state index in [-0.39, 0.29) is 13.2 Å². The van der Waals surface area contributed by atoms with Gasteiger partial charge >= 0.3 is 12.2 Å². The number of rotatable bonds is 9. The van der Waals surface area contributed by atoms with Crippen molar-refractivity contribution >= 4 is 24.2 Å². The number of alkyl carbamates (subject to hydrolysis) is 1. The van der Waals surface area contributed by atoms with Crippen molar-refractivity contribution in [2.45, 2.75) is 19.1 Å². The number of hydrogen-bond donors (Lipinski definition) is 3. The van der Waals surface area contributed by atoms with Gasteiger partial charge in [0.2, 0.25) is 0 Å². The average molecular weight is 463 g/mol. The molecule has 0 fully saturated rings. The zero-order valence-corrected chi connectivity index (χ0v) is 18.3. The van der Waals surface area contributed by atoms with Crippen molar-refractivity contribution < 1.29 is 28.3 Å². The molecule has 0 saturated heterocycles. The van der Waals surface area contributed by atoms with Crippen LogP contribution in [-0.2, 0) is 27.3 Å². The van der Waals surface area contributed by atoms with E-state index in [9.17, 15) is 14.4 Å². The highest BCUT2D eigenvalue weighted by molar-refractivity contribution is 5.92. The van der Waals surface area contributed by atoms with Gasteiger partial charge < -0.3 is 19.2 Å². The SMILES string of the molecule is O=C(/C=C/c1ccco1)NNC(=O)OCC(Cc1ccccc1)NC(=O)OCc1ccccc1. The Morgan fingerprint density at radius 1 is 0.824 bits per heavy atom. The van der Waals surface area contributed by atoms with E-state index in [1.807, 2.05) is 60.7 Å². The topological polar surface area (TPSA) is 119 Å². The Kier molecular flexibility index (Phi) is 9.31. The predicted molar refractivity (Wildman–Crippen MR) is 124 cm³/mol. The van der Waals surface area contributed by atoms with E-state index < -0.39 is 24.1 Å². The Bertz CT molecular complexity index is 1070. The molecule has 0 aliphatic rings. The third kappa shape index (κ3) is 8.91. The van der Waals surface area contributed by atoms with Crippen LogP contribution in [0.3, 0.4) is 0 Å². The van der Waals surface area contributed by atoms with Crippen LogP contribution in [0.1, 0.15) is 16.9 Å². The van der Waals surface area contributed by atoms with Crippen LogP contribution in [0.4, 0.5) is 9.59 Å². The maximum absolute atomic E-state index is 12.3. The molecule has 0 aliphatic carbocycles. The van der Waals surface area contributed by atoms with Crippen molar-refractivity contribution in [1.82, 2.24) is 16.2 Å². The van der Waals surface area contributed by atoms with Crippen LogP contribution in [0.15, 0.2) is 89.6 Å². The largest absolute Gasteiger partial charge is 0.465 e. The van der Waals surface area contributed by atoms with E-state index in [2.05, 4.69) is 16.2 Å². The number of carbonyl (C=O) groups excluding carboxylic acids is 3. The summed E-state index contributed by atoms with van der Waals surface area (Å²) in [4.78, 5) is 36.1. The van der Waals surface area contributed by atoms with Crippen LogP contribution in [0.5, 0.6) is 0 Å². The fourth-order valence-electron chi connectivity index (χ4n) is 2.89. The zero-order chi connectivity index (χ0) is 24.0. The van der Waals surface area contributed by atoms with Gasteiger partial charge in [-0.2, -0.15) is 0 Å². The number of benzene rings is 2. The van der Waals surface area contributed by atoms with Gasteiger partial charge in [-0.25, -0.2) is 15.0 Å². The van der Waals surface area contributed by atoms with Gasteiger partial charge in [0.1, 0.15) is 19.0 Å². The zero-order valence-electron chi connectivity index (χ0n) is 18.3. The minimum Gasteiger partial charge on any atom is -0.465 e. The lowest BCUT2D eigenvalue weighted by Crippen LogP contribution is -2.45. The summed E-state index contributed by atoms with van der Waals surface area (Å²) >= 11 is 0.